The van der Waals surface area contributed by atoms with Gasteiger partial charge >= 0.3 is 21.6 Å². The highest BCUT2D eigenvalue weighted by atomic mass is 32.2. The minimum atomic E-state index is -5.36. The number of nitrogens with zero attached hydrogens (tertiary/aromatic N) is 4. The Balaban J connectivity index is 1.29. The van der Waals surface area contributed by atoms with Crippen LogP contribution in [0.5, 0.6) is 0 Å². The highest BCUT2D eigenvalue weighted by Gasteiger charge is 2.47. The summed E-state index contributed by atoms with van der Waals surface area (Å²) in [5, 5.41) is 49.8. The maximum atomic E-state index is 12.3. The molecule has 2 fully saturated rings. The molecule has 4 rings (SSSR count). The van der Waals surface area contributed by atoms with Gasteiger partial charge in [-0.1, -0.05) is 0 Å². The normalized spacial score (nSPS) is 33.4. The Bertz CT molecular complexity index is 1370. The van der Waals surface area contributed by atoms with Crippen LogP contribution in [0.2, 0.25) is 0 Å². The summed E-state index contributed by atoms with van der Waals surface area (Å²) in [5.41, 5.74) is 10.3. The second kappa shape index (κ2) is 13.0. The molecule has 2 aliphatic rings. The second-order valence-corrected chi connectivity index (χ2v) is 13.2. The summed E-state index contributed by atoms with van der Waals surface area (Å²) in [5.74, 6) is -1.45. The average Bonchev–Trinajstić information content (AvgIpc) is 3.55. The monoisotopic (exact) mass is 662 g/mol. The van der Waals surface area contributed by atoms with Gasteiger partial charge in [-0.3, -0.25) is 18.4 Å². The van der Waals surface area contributed by atoms with Crippen molar-refractivity contribution in [2.45, 2.75) is 54.3 Å². The molecule has 24 heteroatoms. The van der Waals surface area contributed by atoms with E-state index in [-0.39, 0.29) is 22.7 Å². The standard InChI is InChI=1S/C18H28N6O15P2S/c19-6(17(29)30)3-42-18-13(28)11(26)8(38-18)2-36-41(33,34)39-40(31,32)35-1-7-10(25)12(27)16(37-7)24-5-23-9-14(20)21-4-22-15(9)24/h4-8,10-13,16,18,25-28H,1-3,19H2,(H,29,30)(H,31,32)(H,33,34)(H2,20,21,22)/t6-,7+,8+,10+,11+,12+,13+,16+,18+/m0/s1. The summed E-state index contributed by atoms with van der Waals surface area (Å²) < 4.78 is 50.2. The van der Waals surface area contributed by atoms with E-state index in [0.29, 0.717) is 0 Å². The Kier molecular flexibility index (Phi) is 10.2. The molecular formula is C18H28N6O15P2S. The first-order valence-corrected chi connectivity index (χ1v) is 15.9. The van der Waals surface area contributed by atoms with Crippen LogP contribution in [0.3, 0.4) is 0 Å². The predicted molar refractivity (Wildman–Crippen MR) is 137 cm³/mol. The van der Waals surface area contributed by atoms with Gasteiger partial charge in [0.05, 0.1) is 19.5 Å². The predicted octanol–water partition coefficient (Wildman–Crippen LogP) is -3.13. The molecule has 0 saturated carbocycles. The molecule has 0 aromatic carbocycles. The van der Waals surface area contributed by atoms with Gasteiger partial charge in [-0.05, 0) is 0 Å². The molecule has 2 aromatic rings. The number of ether oxygens (including phenoxy) is 2. The first-order valence-electron chi connectivity index (χ1n) is 11.8. The van der Waals surface area contributed by atoms with Gasteiger partial charge in [0.25, 0.3) is 0 Å². The number of aromatic nitrogens is 4. The van der Waals surface area contributed by atoms with E-state index in [1.165, 1.54) is 10.9 Å². The average molecular weight is 662 g/mol. The number of aliphatic hydroxyl groups excluding tert-OH is 4. The molecule has 2 saturated heterocycles. The van der Waals surface area contributed by atoms with Crippen molar-refractivity contribution in [2.75, 3.05) is 24.7 Å². The fraction of sp³-hybridized carbons (Fsp3) is 0.667. The fourth-order valence-electron chi connectivity index (χ4n) is 3.93. The van der Waals surface area contributed by atoms with Crippen LogP contribution in [0.25, 0.3) is 11.2 Å². The summed E-state index contributed by atoms with van der Waals surface area (Å²) in [6, 6.07) is -1.28. The first-order chi connectivity index (χ1) is 19.6. The third-order valence-electron chi connectivity index (χ3n) is 6.08. The molecule has 0 bridgehead atoms. The minimum absolute atomic E-state index is 0.0463. The number of aliphatic hydroxyl groups is 4. The van der Waals surface area contributed by atoms with E-state index in [2.05, 4.69) is 28.3 Å². The Labute approximate surface area is 239 Å². The molecule has 0 aliphatic carbocycles. The first kappa shape index (κ1) is 33.1. The Morgan fingerprint density at radius 1 is 1.00 bits per heavy atom. The second-order valence-electron chi connectivity index (χ2n) is 9.04. The third-order valence-corrected chi connectivity index (χ3v) is 9.96. The van der Waals surface area contributed by atoms with Gasteiger partial charge in [0.15, 0.2) is 17.7 Å². The Morgan fingerprint density at radius 2 is 1.60 bits per heavy atom. The zero-order valence-electron chi connectivity index (χ0n) is 21.1. The maximum absolute atomic E-state index is 12.3. The minimum Gasteiger partial charge on any atom is -0.480 e. The zero-order valence-corrected chi connectivity index (χ0v) is 23.7. The van der Waals surface area contributed by atoms with E-state index in [1.54, 1.807) is 0 Å². The van der Waals surface area contributed by atoms with E-state index >= 15 is 0 Å². The number of carboxylic acids is 1. The van der Waals surface area contributed by atoms with Crippen molar-refractivity contribution in [1.29, 1.82) is 0 Å². The third kappa shape index (κ3) is 7.44. The highest BCUT2D eigenvalue weighted by molar-refractivity contribution is 7.99. The van der Waals surface area contributed by atoms with Crippen molar-refractivity contribution >= 4 is 50.4 Å². The van der Waals surface area contributed by atoms with Crippen LogP contribution in [-0.4, -0.2) is 128 Å². The molecule has 0 radical (unpaired) electrons. The van der Waals surface area contributed by atoms with Crippen LogP contribution in [0.15, 0.2) is 12.7 Å². The molecule has 11 N–H and O–H groups in total. The molecule has 21 nitrogen and oxygen atoms in total. The number of aliphatic carboxylic acids is 1. The van der Waals surface area contributed by atoms with Gasteiger partial charge in [0, 0.05) is 5.75 Å². The van der Waals surface area contributed by atoms with Crippen molar-refractivity contribution in [1.82, 2.24) is 19.5 Å². The number of carboxylic acid groups (broad SMARTS) is 1. The number of hydrogen-bond acceptors (Lipinski definition) is 18. The quantitative estimate of drug-likeness (QED) is 0.0957. The number of hydrogen-bond donors (Lipinski definition) is 9. The van der Waals surface area contributed by atoms with Crippen molar-refractivity contribution in [3.8, 4) is 0 Å². The molecule has 0 spiro atoms. The molecule has 236 valence electrons. The van der Waals surface area contributed by atoms with E-state index in [0.717, 1.165) is 18.1 Å². The molecule has 2 unspecified atom stereocenters. The van der Waals surface area contributed by atoms with Crippen LogP contribution in [-0.2, 0) is 36.8 Å². The van der Waals surface area contributed by atoms with Crippen LogP contribution >= 0.6 is 27.4 Å². The SMILES string of the molecule is Nc1ncnc2c1ncn2[C@@H]1O[C@H](COP(=O)(O)OP(=O)(O)OC[C@H]2O[C@H](SC[C@H](N)C(=O)O)[C@H](O)[C@@H]2O)[C@@H](O)[C@H]1O. The van der Waals surface area contributed by atoms with Crippen LogP contribution in [0.1, 0.15) is 6.23 Å². The Morgan fingerprint density at radius 3 is 2.21 bits per heavy atom. The summed E-state index contributed by atoms with van der Waals surface area (Å²) >= 11 is 0.771. The lowest BCUT2D eigenvalue weighted by Gasteiger charge is -2.20. The number of fused-ring (bicyclic) bond motifs is 1. The topological polar surface area (TPSA) is 335 Å². The number of nitrogens with two attached hydrogens (primary N) is 2. The van der Waals surface area contributed by atoms with Gasteiger partial charge in [0.1, 0.15) is 59.9 Å². The molecule has 2 aliphatic heterocycles. The molecule has 42 heavy (non-hydrogen) atoms. The van der Waals surface area contributed by atoms with Crippen molar-refractivity contribution in [3.63, 3.8) is 0 Å². The van der Waals surface area contributed by atoms with Crippen LogP contribution in [0.4, 0.5) is 5.82 Å². The van der Waals surface area contributed by atoms with Crippen molar-refractivity contribution < 1.29 is 72.1 Å². The lowest BCUT2D eigenvalue weighted by molar-refractivity contribution is -0.137. The number of carbonyl (C=O) groups is 1. The van der Waals surface area contributed by atoms with E-state index < -0.39 is 89.2 Å². The van der Waals surface area contributed by atoms with Gasteiger partial charge in [0.2, 0.25) is 0 Å². The number of phosphoric acid groups is 2. The number of thioether (sulfide) groups is 1. The van der Waals surface area contributed by atoms with Crippen LogP contribution in [0, 0.1) is 0 Å². The van der Waals surface area contributed by atoms with Gasteiger partial charge in [-0.15, -0.1) is 11.8 Å². The maximum Gasteiger partial charge on any atom is 0.481 e. The number of imidazole rings is 1. The van der Waals surface area contributed by atoms with Crippen LogP contribution < -0.4 is 11.5 Å². The lowest BCUT2D eigenvalue weighted by Crippen LogP contribution is -2.35. The fourth-order valence-corrected chi connectivity index (χ4v) is 7.14. The summed E-state index contributed by atoms with van der Waals surface area (Å²) in [7, 11) is -10.7. The van der Waals surface area contributed by atoms with E-state index in [1.807, 2.05) is 0 Å². The van der Waals surface area contributed by atoms with E-state index in [4.69, 9.17) is 26.0 Å². The van der Waals surface area contributed by atoms with Crippen molar-refractivity contribution in [2.24, 2.45) is 5.73 Å². The molecule has 2 aromatic heterocycles. The van der Waals surface area contributed by atoms with Gasteiger partial charge in [-0.2, -0.15) is 4.31 Å². The Hall–Kier alpha value is -1.85. The molecule has 11 atom stereocenters. The molecular weight excluding hydrogens is 634 g/mol. The molecule has 0 amide bonds. The highest BCUT2D eigenvalue weighted by Crippen LogP contribution is 2.60. The number of nitrogen functional groups attached to an aromatic ring is 1. The van der Waals surface area contributed by atoms with Crippen molar-refractivity contribution in [3.05, 3.63) is 12.7 Å². The number of rotatable bonds is 13. The van der Waals surface area contributed by atoms with Gasteiger partial charge < -0.3 is 56.3 Å². The molecule has 4 heterocycles. The zero-order chi connectivity index (χ0) is 31.0. The smallest absolute Gasteiger partial charge is 0.480 e. The number of anilines is 1. The number of phosphoric ester groups is 2. The van der Waals surface area contributed by atoms with E-state index in [9.17, 15) is 44.1 Å². The lowest BCUT2D eigenvalue weighted by atomic mass is 10.1. The summed E-state index contributed by atoms with van der Waals surface area (Å²) in [6.45, 7) is -1.81. The van der Waals surface area contributed by atoms with Gasteiger partial charge in [-0.25, -0.2) is 24.1 Å². The summed E-state index contributed by atoms with van der Waals surface area (Å²) in [4.78, 5) is 42.5. The summed E-state index contributed by atoms with van der Waals surface area (Å²) in [6.07, 6.45) is -8.21. The largest absolute Gasteiger partial charge is 0.481 e.